The van der Waals surface area contributed by atoms with Gasteiger partial charge in [0.15, 0.2) is 24.0 Å². The van der Waals surface area contributed by atoms with E-state index in [1.165, 1.54) is 19.2 Å². The standard InChI is InChI=1S/C18H15F2NO5/c1-25-13-4-2-3-12(7-13)18(24)21-9-17(23)26-10-16(22)11-5-6-14(19)15(20)8-11/h2-8H,9-10H2,1H3,(H,21,24). The number of ether oxygens (including phenoxy) is 2. The van der Waals surface area contributed by atoms with E-state index in [-0.39, 0.29) is 11.1 Å². The third kappa shape index (κ3) is 5.10. The summed E-state index contributed by atoms with van der Waals surface area (Å²) in [7, 11) is 1.46. The molecule has 0 saturated heterocycles. The molecule has 0 unspecified atom stereocenters. The topological polar surface area (TPSA) is 81.7 Å². The number of ketones is 1. The molecular formula is C18H15F2NO5. The number of hydrogen-bond acceptors (Lipinski definition) is 5. The first-order chi connectivity index (χ1) is 12.4. The number of benzene rings is 2. The molecule has 0 aliphatic rings. The molecule has 2 aromatic rings. The van der Waals surface area contributed by atoms with E-state index in [0.717, 1.165) is 18.2 Å². The molecule has 0 fully saturated rings. The van der Waals surface area contributed by atoms with Crippen LogP contribution >= 0.6 is 0 Å². The van der Waals surface area contributed by atoms with Crippen LogP contribution in [0.15, 0.2) is 42.5 Å². The molecule has 2 rings (SSSR count). The molecule has 0 bridgehead atoms. The number of Topliss-reactive ketones (excluding diaryl/α,β-unsaturated/α-hetero) is 1. The van der Waals surface area contributed by atoms with E-state index in [4.69, 9.17) is 9.47 Å². The summed E-state index contributed by atoms with van der Waals surface area (Å²) in [4.78, 5) is 35.3. The molecule has 0 radical (unpaired) electrons. The predicted molar refractivity (Wildman–Crippen MR) is 87.0 cm³/mol. The predicted octanol–water partition coefficient (Wildman–Crippen LogP) is 2.13. The Morgan fingerprint density at radius 2 is 1.77 bits per heavy atom. The Bertz CT molecular complexity index is 838. The quantitative estimate of drug-likeness (QED) is 0.602. The molecule has 2 aromatic carbocycles. The van der Waals surface area contributed by atoms with Gasteiger partial charge in [-0.2, -0.15) is 0 Å². The summed E-state index contributed by atoms with van der Waals surface area (Å²) in [5.41, 5.74) is 0.159. The molecule has 26 heavy (non-hydrogen) atoms. The van der Waals surface area contributed by atoms with Gasteiger partial charge in [0.25, 0.3) is 5.91 Å². The minimum absolute atomic E-state index is 0.128. The minimum atomic E-state index is -1.17. The van der Waals surface area contributed by atoms with Crippen molar-refractivity contribution >= 4 is 17.7 Å². The smallest absolute Gasteiger partial charge is 0.325 e. The van der Waals surface area contributed by atoms with Crippen LogP contribution in [0.3, 0.4) is 0 Å². The fraction of sp³-hybridized carbons (Fsp3) is 0.167. The fourth-order valence-electron chi connectivity index (χ4n) is 1.97. The largest absolute Gasteiger partial charge is 0.497 e. The highest BCUT2D eigenvalue weighted by Crippen LogP contribution is 2.12. The molecule has 0 saturated carbocycles. The van der Waals surface area contributed by atoms with Crippen molar-refractivity contribution in [1.82, 2.24) is 5.32 Å². The highest BCUT2D eigenvalue weighted by Gasteiger charge is 2.14. The number of methoxy groups -OCH3 is 1. The average molecular weight is 363 g/mol. The average Bonchev–Trinajstić information content (AvgIpc) is 2.66. The number of halogens is 2. The van der Waals surface area contributed by atoms with E-state index in [1.54, 1.807) is 12.1 Å². The van der Waals surface area contributed by atoms with Crippen LogP contribution in [0.25, 0.3) is 0 Å². The molecule has 0 atom stereocenters. The second-order valence-corrected chi connectivity index (χ2v) is 5.13. The van der Waals surface area contributed by atoms with Crippen molar-refractivity contribution in [2.45, 2.75) is 0 Å². The summed E-state index contributed by atoms with van der Waals surface area (Å²) in [6, 6.07) is 8.92. The normalized spacial score (nSPS) is 10.1. The molecular weight excluding hydrogens is 348 g/mol. The lowest BCUT2D eigenvalue weighted by molar-refractivity contribution is -0.141. The Hall–Kier alpha value is -3.29. The van der Waals surface area contributed by atoms with Gasteiger partial charge in [-0.3, -0.25) is 14.4 Å². The van der Waals surface area contributed by atoms with Gasteiger partial charge >= 0.3 is 5.97 Å². The SMILES string of the molecule is COc1cccc(C(=O)NCC(=O)OCC(=O)c2ccc(F)c(F)c2)c1. The Labute approximate surface area is 147 Å². The van der Waals surface area contributed by atoms with Crippen molar-refractivity contribution in [3.63, 3.8) is 0 Å². The van der Waals surface area contributed by atoms with E-state index < -0.39 is 42.4 Å². The zero-order chi connectivity index (χ0) is 19.1. The monoisotopic (exact) mass is 363 g/mol. The molecule has 0 aliphatic carbocycles. The number of hydrogen-bond donors (Lipinski definition) is 1. The molecule has 0 heterocycles. The lowest BCUT2D eigenvalue weighted by Crippen LogP contribution is -2.31. The van der Waals surface area contributed by atoms with Crippen molar-refractivity contribution in [1.29, 1.82) is 0 Å². The van der Waals surface area contributed by atoms with Crippen LogP contribution in [-0.4, -0.2) is 37.9 Å². The summed E-state index contributed by atoms with van der Waals surface area (Å²) >= 11 is 0. The molecule has 136 valence electrons. The van der Waals surface area contributed by atoms with Crippen LogP contribution in [0, 0.1) is 11.6 Å². The number of amides is 1. The minimum Gasteiger partial charge on any atom is -0.497 e. The van der Waals surface area contributed by atoms with Crippen molar-refractivity contribution in [2.75, 3.05) is 20.3 Å². The summed E-state index contributed by atoms with van der Waals surface area (Å²) in [6.45, 7) is -1.11. The molecule has 1 amide bonds. The van der Waals surface area contributed by atoms with Gasteiger partial charge < -0.3 is 14.8 Å². The first-order valence-electron chi connectivity index (χ1n) is 7.47. The zero-order valence-corrected chi connectivity index (χ0v) is 13.8. The van der Waals surface area contributed by atoms with E-state index in [9.17, 15) is 23.2 Å². The van der Waals surface area contributed by atoms with E-state index in [2.05, 4.69) is 5.32 Å². The van der Waals surface area contributed by atoms with Gasteiger partial charge in [-0.15, -0.1) is 0 Å². The maximum Gasteiger partial charge on any atom is 0.325 e. The van der Waals surface area contributed by atoms with Crippen molar-refractivity contribution < 1.29 is 32.6 Å². The van der Waals surface area contributed by atoms with Gasteiger partial charge in [-0.1, -0.05) is 6.07 Å². The van der Waals surface area contributed by atoms with Crippen molar-refractivity contribution in [2.24, 2.45) is 0 Å². The van der Waals surface area contributed by atoms with Gasteiger partial charge in [0.05, 0.1) is 7.11 Å². The van der Waals surface area contributed by atoms with Gasteiger partial charge in [0.1, 0.15) is 12.3 Å². The van der Waals surface area contributed by atoms with E-state index in [1.807, 2.05) is 0 Å². The van der Waals surface area contributed by atoms with Crippen LogP contribution in [0.5, 0.6) is 5.75 Å². The third-order valence-electron chi connectivity index (χ3n) is 3.33. The number of esters is 1. The third-order valence-corrected chi connectivity index (χ3v) is 3.33. The summed E-state index contributed by atoms with van der Waals surface area (Å²) in [5, 5.41) is 2.34. The summed E-state index contributed by atoms with van der Waals surface area (Å²) in [5.74, 6) is -3.84. The number of carbonyl (C=O) groups excluding carboxylic acids is 3. The summed E-state index contributed by atoms with van der Waals surface area (Å²) < 4.78 is 35.6. The molecule has 6 nitrogen and oxygen atoms in total. The number of nitrogens with one attached hydrogen (secondary N) is 1. The number of rotatable bonds is 7. The second kappa shape index (κ2) is 8.70. The first-order valence-corrected chi connectivity index (χ1v) is 7.47. The maximum absolute atomic E-state index is 13.1. The lowest BCUT2D eigenvalue weighted by Gasteiger charge is -2.07. The highest BCUT2D eigenvalue weighted by molar-refractivity contribution is 5.99. The Kier molecular flexibility index (Phi) is 6.37. The molecule has 1 N–H and O–H groups in total. The molecule has 0 aromatic heterocycles. The molecule has 0 aliphatic heterocycles. The van der Waals surface area contributed by atoms with Crippen molar-refractivity contribution in [3.05, 3.63) is 65.2 Å². The van der Waals surface area contributed by atoms with Gasteiger partial charge in [0, 0.05) is 11.1 Å². The Morgan fingerprint density at radius 3 is 2.46 bits per heavy atom. The van der Waals surface area contributed by atoms with E-state index in [0.29, 0.717) is 5.75 Å². The van der Waals surface area contributed by atoms with Crippen LogP contribution in [0.4, 0.5) is 8.78 Å². The van der Waals surface area contributed by atoms with Crippen LogP contribution < -0.4 is 10.1 Å². The fourth-order valence-corrected chi connectivity index (χ4v) is 1.97. The molecule has 8 heteroatoms. The number of carbonyl (C=O) groups is 3. The Balaban J connectivity index is 1.82. The van der Waals surface area contributed by atoms with Crippen LogP contribution in [-0.2, 0) is 9.53 Å². The van der Waals surface area contributed by atoms with Crippen LogP contribution in [0.2, 0.25) is 0 Å². The Morgan fingerprint density at radius 1 is 1.00 bits per heavy atom. The second-order valence-electron chi connectivity index (χ2n) is 5.13. The first kappa shape index (κ1) is 19.0. The van der Waals surface area contributed by atoms with Crippen LogP contribution in [0.1, 0.15) is 20.7 Å². The highest BCUT2D eigenvalue weighted by atomic mass is 19.2. The summed E-state index contributed by atoms with van der Waals surface area (Å²) in [6.07, 6.45) is 0. The van der Waals surface area contributed by atoms with Crippen molar-refractivity contribution in [3.8, 4) is 5.75 Å². The van der Waals surface area contributed by atoms with Gasteiger partial charge in [-0.05, 0) is 36.4 Å². The zero-order valence-electron chi connectivity index (χ0n) is 13.8. The maximum atomic E-state index is 13.1. The lowest BCUT2D eigenvalue weighted by atomic mass is 10.1. The van der Waals surface area contributed by atoms with E-state index >= 15 is 0 Å². The van der Waals surface area contributed by atoms with Gasteiger partial charge in [-0.25, -0.2) is 8.78 Å². The molecule has 0 spiro atoms. The van der Waals surface area contributed by atoms with Gasteiger partial charge in [0.2, 0.25) is 0 Å².